The summed E-state index contributed by atoms with van der Waals surface area (Å²) in [5.41, 5.74) is 2.12. The predicted molar refractivity (Wildman–Crippen MR) is 129 cm³/mol. The van der Waals surface area contributed by atoms with Crippen molar-refractivity contribution < 1.29 is 27.4 Å². The normalized spacial score (nSPS) is 19.0. The van der Waals surface area contributed by atoms with Crippen LogP contribution in [-0.2, 0) is 34.2 Å². The third kappa shape index (κ3) is 4.85. The van der Waals surface area contributed by atoms with Gasteiger partial charge in [0.05, 0.1) is 29.8 Å². The molecule has 0 spiro atoms. The molecule has 0 amide bonds. The first-order chi connectivity index (χ1) is 16.4. The molecule has 34 heavy (non-hydrogen) atoms. The van der Waals surface area contributed by atoms with E-state index in [0.29, 0.717) is 67.6 Å². The lowest BCUT2D eigenvalue weighted by atomic mass is 9.95. The van der Waals surface area contributed by atoms with Crippen molar-refractivity contribution in [1.82, 2.24) is 0 Å². The third-order valence-electron chi connectivity index (χ3n) is 6.72. The first kappa shape index (κ1) is 24.7. The minimum atomic E-state index is -4.05. The number of fused-ring (bicyclic) bond motifs is 1. The molecule has 0 aliphatic carbocycles. The highest BCUT2D eigenvalue weighted by Crippen LogP contribution is 2.38. The monoisotopic (exact) mass is 489 g/mol. The molecule has 1 N–H and O–H groups in total. The fourth-order valence-electron chi connectivity index (χ4n) is 4.67. The van der Waals surface area contributed by atoms with Gasteiger partial charge in [0.2, 0.25) is 0 Å². The van der Waals surface area contributed by atoms with Gasteiger partial charge in [-0.3, -0.25) is 4.31 Å². The van der Waals surface area contributed by atoms with E-state index in [-0.39, 0.29) is 11.5 Å². The number of sulfonamides is 1. The van der Waals surface area contributed by atoms with Gasteiger partial charge in [-0.05, 0) is 73.4 Å². The Bertz CT molecular complexity index is 1140. The van der Waals surface area contributed by atoms with Crippen LogP contribution in [0.25, 0.3) is 0 Å². The van der Waals surface area contributed by atoms with E-state index >= 15 is 0 Å². The zero-order chi connectivity index (χ0) is 24.3. The fraction of sp³-hybridized carbons (Fsp3) is 0.462. The van der Waals surface area contributed by atoms with Gasteiger partial charge in [-0.1, -0.05) is 19.1 Å². The molecule has 2 aromatic rings. The third-order valence-corrected chi connectivity index (χ3v) is 8.56. The van der Waals surface area contributed by atoms with Gasteiger partial charge in [-0.15, -0.1) is 6.58 Å². The van der Waals surface area contributed by atoms with E-state index in [2.05, 4.69) is 6.58 Å². The van der Waals surface area contributed by atoms with Crippen molar-refractivity contribution in [3.8, 4) is 5.75 Å². The molecule has 2 aliphatic heterocycles. The van der Waals surface area contributed by atoms with Gasteiger partial charge in [0.1, 0.15) is 11.6 Å². The Labute approximate surface area is 201 Å². The molecule has 184 valence electrons. The summed E-state index contributed by atoms with van der Waals surface area (Å²) in [5, 5.41) is 9.93. The summed E-state index contributed by atoms with van der Waals surface area (Å²) >= 11 is 0. The first-order valence-corrected chi connectivity index (χ1v) is 13.3. The molecule has 6 nitrogen and oxygen atoms in total. The first-order valence-electron chi connectivity index (χ1n) is 11.8. The van der Waals surface area contributed by atoms with Crippen LogP contribution in [0.2, 0.25) is 0 Å². The Morgan fingerprint density at radius 1 is 1.21 bits per heavy atom. The second kappa shape index (κ2) is 10.5. The molecule has 0 bridgehead atoms. The van der Waals surface area contributed by atoms with Crippen LogP contribution in [0.3, 0.4) is 0 Å². The number of ether oxygens (including phenoxy) is 2. The molecular formula is C26H32FNO5S. The molecule has 1 atom stereocenters. The standard InChI is InChI=1S/C26H32FNO5S/c1-3-19-13-20-5-6-22(4-2)28(25(20)15-24(19)27)34(30,31)23-7-8-26(21(14-23)16-29)33-17-18-9-11-32-12-10-18/h4,7-8,13-15,18,22,29H,2-3,5-6,9-12,16-17H2,1H3/t22-/m0/s1. The average Bonchev–Trinajstić information content (AvgIpc) is 2.86. The highest BCUT2D eigenvalue weighted by atomic mass is 32.2. The van der Waals surface area contributed by atoms with Gasteiger partial charge >= 0.3 is 0 Å². The van der Waals surface area contributed by atoms with Crippen molar-refractivity contribution >= 4 is 15.7 Å². The zero-order valence-corrected chi connectivity index (χ0v) is 20.3. The number of aryl methyl sites for hydroxylation is 2. The molecule has 1 fully saturated rings. The minimum absolute atomic E-state index is 0.0228. The molecule has 0 unspecified atom stereocenters. The highest BCUT2D eigenvalue weighted by Gasteiger charge is 2.36. The summed E-state index contributed by atoms with van der Waals surface area (Å²) in [6.45, 7) is 7.23. The Hall–Kier alpha value is -2.42. The molecule has 2 aromatic carbocycles. The van der Waals surface area contributed by atoms with E-state index in [1.54, 1.807) is 18.2 Å². The number of hydrogen-bond donors (Lipinski definition) is 1. The number of aliphatic hydroxyl groups is 1. The second-order valence-corrected chi connectivity index (χ2v) is 10.7. The predicted octanol–water partition coefficient (Wildman–Crippen LogP) is 4.38. The Morgan fingerprint density at radius 2 is 1.97 bits per heavy atom. The summed E-state index contributed by atoms with van der Waals surface area (Å²) in [5.74, 6) is 0.412. The van der Waals surface area contributed by atoms with Crippen LogP contribution in [0.5, 0.6) is 5.75 Å². The number of hydrogen-bond acceptors (Lipinski definition) is 5. The Kier molecular flexibility index (Phi) is 7.60. The summed E-state index contributed by atoms with van der Waals surface area (Å²) in [6, 6.07) is 7.11. The van der Waals surface area contributed by atoms with Crippen LogP contribution in [0.1, 0.15) is 42.9 Å². The van der Waals surface area contributed by atoms with Crippen LogP contribution in [0.4, 0.5) is 10.1 Å². The van der Waals surface area contributed by atoms with Gasteiger partial charge in [-0.2, -0.15) is 0 Å². The van der Waals surface area contributed by atoms with Crippen molar-refractivity contribution in [2.75, 3.05) is 24.1 Å². The molecule has 4 rings (SSSR count). The maximum Gasteiger partial charge on any atom is 0.264 e. The zero-order valence-electron chi connectivity index (χ0n) is 19.5. The number of aliphatic hydroxyl groups excluding tert-OH is 1. The van der Waals surface area contributed by atoms with Crippen LogP contribution in [-0.4, -0.2) is 39.4 Å². The van der Waals surface area contributed by atoms with Crippen LogP contribution in [0, 0.1) is 11.7 Å². The van der Waals surface area contributed by atoms with E-state index in [0.717, 1.165) is 18.4 Å². The van der Waals surface area contributed by atoms with E-state index in [9.17, 15) is 17.9 Å². The topological polar surface area (TPSA) is 76.1 Å². The Morgan fingerprint density at radius 3 is 2.65 bits per heavy atom. The van der Waals surface area contributed by atoms with Gasteiger partial charge < -0.3 is 14.6 Å². The van der Waals surface area contributed by atoms with Crippen LogP contribution in [0.15, 0.2) is 47.9 Å². The maximum absolute atomic E-state index is 14.7. The van der Waals surface area contributed by atoms with Gasteiger partial charge in [0, 0.05) is 18.8 Å². The van der Waals surface area contributed by atoms with E-state index < -0.39 is 21.9 Å². The average molecular weight is 490 g/mol. The molecule has 0 saturated carbocycles. The van der Waals surface area contributed by atoms with Crippen molar-refractivity contribution in [2.45, 2.75) is 56.6 Å². The smallest absolute Gasteiger partial charge is 0.264 e. The number of halogens is 1. The van der Waals surface area contributed by atoms with Crippen molar-refractivity contribution in [1.29, 1.82) is 0 Å². The van der Waals surface area contributed by atoms with E-state index in [1.807, 2.05) is 6.92 Å². The maximum atomic E-state index is 14.7. The molecular weight excluding hydrogens is 457 g/mol. The molecule has 2 heterocycles. The molecule has 0 radical (unpaired) electrons. The Balaban J connectivity index is 1.66. The van der Waals surface area contributed by atoms with Gasteiger partial charge in [-0.25, -0.2) is 12.8 Å². The molecule has 8 heteroatoms. The summed E-state index contributed by atoms with van der Waals surface area (Å²) in [7, 11) is -4.05. The van der Waals surface area contributed by atoms with E-state index in [4.69, 9.17) is 9.47 Å². The summed E-state index contributed by atoms with van der Waals surface area (Å²) in [4.78, 5) is 0.0228. The fourth-order valence-corrected chi connectivity index (χ4v) is 6.41. The number of anilines is 1. The summed E-state index contributed by atoms with van der Waals surface area (Å²) < 4.78 is 54.8. The largest absolute Gasteiger partial charge is 0.493 e. The van der Waals surface area contributed by atoms with Gasteiger partial charge in [0.25, 0.3) is 10.0 Å². The van der Waals surface area contributed by atoms with Crippen molar-refractivity contribution in [3.63, 3.8) is 0 Å². The molecule has 0 aromatic heterocycles. The van der Waals surface area contributed by atoms with Gasteiger partial charge in [0.15, 0.2) is 0 Å². The quantitative estimate of drug-likeness (QED) is 0.557. The lowest BCUT2D eigenvalue weighted by Gasteiger charge is -2.36. The molecule has 1 saturated heterocycles. The summed E-state index contributed by atoms with van der Waals surface area (Å²) in [6.07, 6.45) is 5.15. The van der Waals surface area contributed by atoms with E-state index in [1.165, 1.54) is 22.5 Å². The van der Waals surface area contributed by atoms with Crippen LogP contribution >= 0.6 is 0 Å². The van der Waals surface area contributed by atoms with Crippen molar-refractivity contribution in [3.05, 3.63) is 65.5 Å². The lowest BCUT2D eigenvalue weighted by molar-refractivity contribution is 0.0494. The van der Waals surface area contributed by atoms with Crippen LogP contribution < -0.4 is 9.04 Å². The SMILES string of the molecule is C=C[C@H]1CCc2cc(CC)c(F)cc2N1S(=O)(=O)c1ccc(OCC2CCOCC2)c(CO)c1. The number of benzene rings is 2. The lowest BCUT2D eigenvalue weighted by Crippen LogP contribution is -2.42. The second-order valence-electron chi connectivity index (χ2n) is 8.86. The minimum Gasteiger partial charge on any atom is -0.493 e. The van der Waals surface area contributed by atoms with Crippen molar-refractivity contribution in [2.24, 2.45) is 5.92 Å². The highest BCUT2D eigenvalue weighted by molar-refractivity contribution is 7.92. The molecule has 2 aliphatic rings. The number of rotatable bonds is 8. The number of nitrogens with zero attached hydrogens (tertiary/aromatic N) is 1.